The molecule has 2 atom stereocenters. The smallest absolute Gasteiger partial charge is 0.229 e. The van der Waals surface area contributed by atoms with Crippen LogP contribution in [0.15, 0.2) is 0 Å². The second-order valence-electron chi connectivity index (χ2n) is 7.85. The summed E-state index contributed by atoms with van der Waals surface area (Å²) in [6.45, 7) is 8.17. The van der Waals surface area contributed by atoms with Gasteiger partial charge in [-0.25, -0.2) is 0 Å². The maximum absolute atomic E-state index is 13.2. The third-order valence-electron chi connectivity index (χ3n) is 7.01. The largest absolute Gasteiger partial charge is 0.342 e. The zero-order chi connectivity index (χ0) is 14.6. The predicted octanol–water partition coefficient (Wildman–Crippen LogP) is 3.17. The standard InChI is InChI=1S/C17H27NO2/c1-15(2)16(3)8-9-17(15,12-13(16)19)14(20)18-10-6-4-5-7-11-18/h4-12H2,1-3H3. The van der Waals surface area contributed by atoms with Crippen LogP contribution in [0.25, 0.3) is 0 Å². The van der Waals surface area contributed by atoms with Gasteiger partial charge in [0.1, 0.15) is 5.78 Å². The van der Waals surface area contributed by atoms with Gasteiger partial charge in [-0.05, 0) is 31.1 Å². The summed E-state index contributed by atoms with van der Waals surface area (Å²) in [4.78, 5) is 27.7. The number of hydrogen-bond donors (Lipinski definition) is 0. The molecule has 2 saturated carbocycles. The van der Waals surface area contributed by atoms with E-state index < -0.39 is 5.41 Å². The summed E-state index contributed by atoms with van der Waals surface area (Å²) in [6.07, 6.45) is 6.97. The third kappa shape index (κ3) is 1.52. The molecule has 112 valence electrons. The topological polar surface area (TPSA) is 37.4 Å². The van der Waals surface area contributed by atoms with Gasteiger partial charge in [-0.3, -0.25) is 9.59 Å². The predicted molar refractivity (Wildman–Crippen MR) is 78.2 cm³/mol. The molecule has 2 aliphatic carbocycles. The number of amides is 1. The van der Waals surface area contributed by atoms with Gasteiger partial charge in [0.2, 0.25) is 5.91 Å². The van der Waals surface area contributed by atoms with E-state index in [1.807, 2.05) is 0 Å². The fourth-order valence-corrected chi connectivity index (χ4v) is 4.91. The molecular formula is C17H27NO2. The Hall–Kier alpha value is -0.860. The van der Waals surface area contributed by atoms with Crippen LogP contribution >= 0.6 is 0 Å². The highest BCUT2D eigenvalue weighted by atomic mass is 16.2. The average Bonchev–Trinajstić information content (AvgIpc) is 2.68. The first-order valence-electron chi connectivity index (χ1n) is 8.18. The van der Waals surface area contributed by atoms with E-state index in [9.17, 15) is 9.59 Å². The van der Waals surface area contributed by atoms with E-state index in [-0.39, 0.29) is 16.7 Å². The van der Waals surface area contributed by atoms with Crippen LogP contribution in [-0.2, 0) is 9.59 Å². The molecule has 3 heteroatoms. The molecule has 0 aromatic rings. The molecule has 1 saturated heterocycles. The number of likely N-dealkylation sites (tertiary alicyclic amines) is 1. The summed E-state index contributed by atoms with van der Waals surface area (Å²) in [5.74, 6) is 0.593. The maximum atomic E-state index is 13.2. The van der Waals surface area contributed by atoms with Gasteiger partial charge in [-0.2, -0.15) is 0 Å². The molecule has 0 aromatic heterocycles. The minimum atomic E-state index is -0.414. The highest BCUT2D eigenvalue weighted by Crippen LogP contribution is 2.71. The second-order valence-corrected chi connectivity index (χ2v) is 7.85. The molecule has 1 heterocycles. The SMILES string of the molecule is CC12CCC(C(=O)N3CCCCCC3)(CC1=O)C2(C)C. The molecule has 3 fully saturated rings. The fourth-order valence-electron chi connectivity index (χ4n) is 4.91. The number of Topliss-reactive ketones (excluding diaryl/α,β-unsaturated/α-hetero) is 1. The van der Waals surface area contributed by atoms with Crippen molar-refractivity contribution < 1.29 is 9.59 Å². The van der Waals surface area contributed by atoms with Gasteiger partial charge in [0, 0.05) is 24.9 Å². The summed E-state index contributed by atoms with van der Waals surface area (Å²) < 4.78 is 0. The molecule has 1 aliphatic heterocycles. The molecule has 3 rings (SSSR count). The highest BCUT2D eigenvalue weighted by molar-refractivity contribution is 5.99. The van der Waals surface area contributed by atoms with Gasteiger partial charge < -0.3 is 4.90 Å². The Balaban J connectivity index is 1.92. The number of rotatable bonds is 1. The van der Waals surface area contributed by atoms with Gasteiger partial charge in [0.15, 0.2) is 0 Å². The van der Waals surface area contributed by atoms with Crippen LogP contribution in [0.2, 0.25) is 0 Å². The first-order valence-corrected chi connectivity index (χ1v) is 8.18. The van der Waals surface area contributed by atoms with Gasteiger partial charge in [-0.15, -0.1) is 0 Å². The summed E-state index contributed by atoms with van der Waals surface area (Å²) in [5, 5.41) is 0. The molecule has 20 heavy (non-hydrogen) atoms. The Morgan fingerprint density at radius 3 is 2.05 bits per heavy atom. The van der Waals surface area contributed by atoms with Crippen LogP contribution < -0.4 is 0 Å². The highest BCUT2D eigenvalue weighted by Gasteiger charge is 2.72. The number of ketones is 1. The molecule has 0 radical (unpaired) electrons. The summed E-state index contributed by atoms with van der Waals surface area (Å²) in [6, 6.07) is 0. The Labute approximate surface area is 122 Å². The van der Waals surface area contributed by atoms with Crippen LogP contribution in [0, 0.1) is 16.2 Å². The van der Waals surface area contributed by atoms with E-state index in [4.69, 9.17) is 0 Å². The summed E-state index contributed by atoms with van der Waals surface area (Å²) in [5.41, 5.74) is -0.891. The van der Waals surface area contributed by atoms with E-state index in [2.05, 4.69) is 25.7 Å². The Morgan fingerprint density at radius 1 is 1.00 bits per heavy atom. The third-order valence-corrected chi connectivity index (χ3v) is 7.01. The second kappa shape index (κ2) is 4.32. The van der Waals surface area contributed by atoms with Crippen molar-refractivity contribution in [3.05, 3.63) is 0 Å². The number of carbonyl (C=O) groups is 2. The number of carbonyl (C=O) groups excluding carboxylic acids is 2. The Morgan fingerprint density at radius 2 is 1.60 bits per heavy atom. The lowest BCUT2D eigenvalue weighted by Crippen LogP contribution is -2.49. The average molecular weight is 277 g/mol. The summed E-state index contributed by atoms with van der Waals surface area (Å²) in [7, 11) is 0. The van der Waals surface area contributed by atoms with Gasteiger partial charge >= 0.3 is 0 Å². The van der Waals surface area contributed by atoms with Crippen LogP contribution in [0.3, 0.4) is 0 Å². The first-order chi connectivity index (χ1) is 9.35. The lowest BCUT2D eigenvalue weighted by molar-refractivity contribution is -0.147. The van der Waals surface area contributed by atoms with Crippen molar-refractivity contribution >= 4 is 11.7 Å². The number of fused-ring (bicyclic) bond motifs is 2. The number of hydrogen-bond acceptors (Lipinski definition) is 2. The Kier molecular flexibility index (Phi) is 3.04. The molecule has 2 unspecified atom stereocenters. The zero-order valence-corrected chi connectivity index (χ0v) is 13.1. The molecular weight excluding hydrogens is 250 g/mol. The van der Waals surface area contributed by atoms with Gasteiger partial charge in [-0.1, -0.05) is 33.6 Å². The van der Waals surface area contributed by atoms with E-state index in [0.717, 1.165) is 38.8 Å². The molecule has 2 bridgehead atoms. The van der Waals surface area contributed by atoms with Crippen molar-refractivity contribution in [3.63, 3.8) is 0 Å². The van der Waals surface area contributed by atoms with E-state index in [0.29, 0.717) is 12.2 Å². The van der Waals surface area contributed by atoms with Crippen molar-refractivity contribution in [1.29, 1.82) is 0 Å². The minimum absolute atomic E-state index is 0.194. The minimum Gasteiger partial charge on any atom is -0.342 e. The van der Waals surface area contributed by atoms with Crippen LogP contribution in [-0.4, -0.2) is 29.7 Å². The normalized spacial score (nSPS) is 40.0. The lowest BCUT2D eigenvalue weighted by atomic mass is 9.64. The Bertz CT molecular complexity index is 448. The van der Waals surface area contributed by atoms with Crippen LogP contribution in [0.1, 0.15) is 65.7 Å². The van der Waals surface area contributed by atoms with Crippen LogP contribution in [0.4, 0.5) is 0 Å². The van der Waals surface area contributed by atoms with Crippen molar-refractivity contribution in [2.24, 2.45) is 16.2 Å². The van der Waals surface area contributed by atoms with Crippen molar-refractivity contribution in [2.75, 3.05) is 13.1 Å². The van der Waals surface area contributed by atoms with Gasteiger partial charge in [0.25, 0.3) is 0 Å². The summed E-state index contributed by atoms with van der Waals surface area (Å²) >= 11 is 0. The molecule has 0 spiro atoms. The lowest BCUT2D eigenvalue weighted by Gasteiger charge is -2.41. The monoisotopic (exact) mass is 277 g/mol. The molecule has 0 N–H and O–H groups in total. The maximum Gasteiger partial charge on any atom is 0.229 e. The zero-order valence-electron chi connectivity index (χ0n) is 13.1. The number of nitrogens with zero attached hydrogens (tertiary/aromatic N) is 1. The molecule has 1 amide bonds. The fraction of sp³-hybridized carbons (Fsp3) is 0.882. The van der Waals surface area contributed by atoms with E-state index >= 15 is 0 Å². The van der Waals surface area contributed by atoms with Crippen LogP contribution in [0.5, 0.6) is 0 Å². The van der Waals surface area contributed by atoms with Crippen molar-refractivity contribution in [3.8, 4) is 0 Å². The van der Waals surface area contributed by atoms with Crippen molar-refractivity contribution in [2.45, 2.75) is 65.7 Å². The quantitative estimate of drug-likeness (QED) is 0.738. The molecule has 3 nitrogen and oxygen atoms in total. The van der Waals surface area contributed by atoms with E-state index in [1.165, 1.54) is 12.8 Å². The van der Waals surface area contributed by atoms with Crippen molar-refractivity contribution in [1.82, 2.24) is 4.90 Å². The van der Waals surface area contributed by atoms with E-state index in [1.54, 1.807) is 0 Å². The first kappa shape index (κ1) is 14.1. The molecule has 0 aromatic carbocycles. The van der Waals surface area contributed by atoms with Gasteiger partial charge in [0.05, 0.1) is 5.41 Å². The molecule has 3 aliphatic rings.